The van der Waals surface area contributed by atoms with E-state index in [1.165, 1.54) is 11.0 Å². The fourth-order valence-electron chi connectivity index (χ4n) is 2.36. The van der Waals surface area contributed by atoms with E-state index in [-0.39, 0.29) is 5.91 Å². The quantitative estimate of drug-likeness (QED) is 0.926. The summed E-state index contributed by atoms with van der Waals surface area (Å²) in [5.74, 6) is 0.701. The Bertz CT molecular complexity index is 907. The zero-order chi connectivity index (χ0) is 17.5. The van der Waals surface area contributed by atoms with Gasteiger partial charge in [-0.2, -0.15) is 0 Å². The molecule has 0 saturated carbocycles. The van der Waals surface area contributed by atoms with E-state index in [1.54, 1.807) is 45.2 Å². The van der Waals surface area contributed by atoms with E-state index >= 15 is 0 Å². The first-order valence-corrected chi connectivity index (χ1v) is 9.05. The summed E-state index contributed by atoms with van der Waals surface area (Å²) in [6.45, 7) is 3.18. The van der Waals surface area contributed by atoms with Gasteiger partial charge in [0.25, 0.3) is 5.91 Å². The highest BCUT2D eigenvalue weighted by molar-refractivity contribution is 7.93. The van der Waals surface area contributed by atoms with Crippen LogP contribution in [0.1, 0.15) is 24.2 Å². The van der Waals surface area contributed by atoms with E-state index in [0.29, 0.717) is 28.4 Å². The number of nitrogens with one attached hydrogen (secondary N) is 1. The molecular formula is C17H18N2O4S. The molecule has 0 spiro atoms. The maximum Gasteiger partial charge on any atom is 0.261 e. The van der Waals surface area contributed by atoms with E-state index in [4.69, 9.17) is 4.74 Å². The van der Waals surface area contributed by atoms with Crippen LogP contribution in [0.15, 0.2) is 42.5 Å². The van der Waals surface area contributed by atoms with Crippen LogP contribution in [-0.4, -0.2) is 26.6 Å². The summed E-state index contributed by atoms with van der Waals surface area (Å²) >= 11 is 0. The van der Waals surface area contributed by atoms with E-state index in [9.17, 15) is 13.2 Å². The van der Waals surface area contributed by atoms with Crippen LogP contribution in [0.25, 0.3) is 0 Å². The molecule has 0 fully saturated rings. The summed E-state index contributed by atoms with van der Waals surface area (Å²) in [6.07, 6.45) is 0. The average Bonchev–Trinajstić information content (AvgIpc) is 2.64. The molecule has 1 amide bonds. The van der Waals surface area contributed by atoms with Crippen LogP contribution in [0.4, 0.5) is 11.4 Å². The maximum absolute atomic E-state index is 12.7. The second-order valence-corrected chi connectivity index (χ2v) is 8.08. The molecular weight excluding hydrogens is 328 g/mol. The molecule has 0 aliphatic carbocycles. The van der Waals surface area contributed by atoms with Crippen LogP contribution in [0.2, 0.25) is 0 Å². The fourth-order valence-corrected chi connectivity index (χ4v) is 3.05. The third kappa shape index (κ3) is 2.82. The number of anilines is 2. The van der Waals surface area contributed by atoms with Gasteiger partial charge in [-0.05, 0) is 44.2 Å². The molecule has 1 aliphatic rings. The van der Waals surface area contributed by atoms with Crippen LogP contribution >= 0.6 is 0 Å². The summed E-state index contributed by atoms with van der Waals surface area (Å²) < 4.78 is 32.4. The van der Waals surface area contributed by atoms with E-state index in [0.717, 1.165) is 0 Å². The molecule has 6 nitrogen and oxygen atoms in total. The first-order chi connectivity index (χ1) is 11.3. The number of carbonyl (C=O) groups is 1. The molecule has 7 heteroatoms. The number of hydrogen-bond acceptors (Lipinski definition) is 4. The number of para-hydroxylation sites is 2. The number of rotatable bonds is 3. The van der Waals surface area contributed by atoms with Gasteiger partial charge in [0.05, 0.1) is 16.5 Å². The lowest BCUT2D eigenvalue weighted by atomic mass is 10.1. The normalized spacial score (nSPS) is 13.8. The predicted octanol–water partition coefficient (Wildman–Crippen LogP) is 3.22. The zero-order valence-corrected chi connectivity index (χ0v) is 14.4. The molecule has 1 aliphatic heterocycles. The molecule has 0 atom stereocenters. The van der Waals surface area contributed by atoms with Gasteiger partial charge in [0.2, 0.25) is 10.0 Å². The van der Waals surface area contributed by atoms with Crippen LogP contribution in [0.3, 0.4) is 0 Å². The number of nitrogens with zero attached hydrogens (tertiary/aromatic N) is 1. The Balaban J connectivity index is 2.04. The topological polar surface area (TPSA) is 75.7 Å². The molecule has 1 heterocycles. The minimum Gasteiger partial charge on any atom is -0.454 e. The third-order valence-corrected chi connectivity index (χ3v) is 5.60. The van der Waals surface area contributed by atoms with Gasteiger partial charge in [-0.3, -0.25) is 9.52 Å². The fraction of sp³-hybridized carbons (Fsp3) is 0.235. The van der Waals surface area contributed by atoms with Crippen molar-refractivity contribution in [1.29, 1.82) is 0 Å². The van der Waals surface area contributed by atoms with Gasteiger partial charge < -0.3 is 9.64 Å². The molecule has 24 heavy (non-hydrogen) atoms. The van der Waals surface area contributed by atoms with Crippen molar-refractivity contribution in [1.82, 2.24) is 0 Å². The molecule has 0 bridgehead atoms. The summed E-state index contributed by atoms with van der Waals surface area (Å²) in [5.41, 5.74) is 1.29. The van der Waals surface area contributed by atoms with Crippen LogP contribution in [0, 0.1) is 0 Å². The molecule has 0 saturated heterocycles. The Hall–Kier alpha value is -2.54. The van der Waals surface area contributed by atoms with Crippen LogP contribution in [-0.2, 0) is 10.0 Å². The highest BCUT2D eigenvalue weighted by atomic mass is 32.2. The van der Waals surface area contributed by atoms with Crippen LogP contribution in [0.5, 0.6) is 11.5 Å². The number of ether oxygens (including phenoxy) is 1. The smallest absolute Gasteiger partial charge is 0.261 e. The Morgan fingerprint density at radius 1 is 1.08 bits per heavy atom. The lowest BCUT2D eigenvalue weighted by Crippen LogP contribution is -2.26. The molecule has 0 radical (unpaired) electrons. The standard InChI is InChI=1S/C17H18N2O4S/c1-11(2)24(21,22)18-12-8-9-15-13(10-12)17(20)19(3)14-6-4-5-7-16(14)23-15/h4-11,18H,1-3H3. The minimum absolute atomic E-state index is 0.263. The first-order valence-electron chi connectivity index (χ1n) is 7.50. The van der Waals surface area contributed by atoms with E-state index in [2.05, 4.69) is 4.72 Å². The SMILES string of the molecule is CC(C)S(=O)(=O)Nc1ccc2c(c1)C(=O)N(C)c1ccccc1O2. The van der Waals surface area contributed by atoms with Gasteiger partial charge in [0.15, 0.2) is 5.75 Å². The van der Waals surface area contributed by atoms with Crippen molar-refractivity contribution in [3.63, 3.8) is 0 Å². The van der Waals surface area contributed by atoms with Crippen molar-refractivity contribution in [2.24, 2.45) is 0 Å². The van der Waals surface area contributed by atoms with Gasteiger partial charge >= 0.3 is 0 Å². The van der Waals surface area contributed by atoms with Crippen molar-refractivity contribution in [3.8, 4) is 11.5 Å². The van der Waals surface area contributed by atoms with E-state index in [1.807, 2.05) is 12.1 Å². The summed E-state index contributed by atoms with van der Waals surface area (Å²) in [6, 6.07) is 11.9. The summed E-state index contributed by atoms with van der Waals surface area (Å²) in [5, 5.41) is -0.574. The van der Waals surface area contributed by atoms with Crippen molar-refractivity contribution < 1.29 is 17.9 Å². The van der Waals surface area contributed by atoms with Gasteiger partial charge in [-0.15, -0.1) is 0 Å². The molecule has 0 unspecified atom stereocenters. The lowest BCUT2D eigenvalue weighted by molar-refractivity contribution is 0.0993. The number of hydrogen-bond donors (Lipinski definition) is 1. The second kappa shape index (κ2) is 5.83. The van der Waals surface area contributed by atoms with Crippen molar-refractivity contribution >= 4 is 27.3 Å². The number of fused-ring (bicyclic) bond motifs is 2. The monoisotopic (exact) mass is 346 g/mol. The highest BCUT2D eigenvalue weighted by Gasteiger charge is 2.26. The Kier molecular flexibility index (Phi) is 3.96. The predicted molar refractivity (Wildman–Crippen MR) is 93.4 cm³/mol. The van der Waals surface area contributed by atoms with Crippen molar-refractivity contribution in [2.75, 3.05) is 16.7 Å². The average molecular weight is 346 g/mol. The first kappa shape index (κ1) is 16.3. The Morgan fingerprint density at radius 3 is 2.50 bits per heavy atom. The molecule has 1 N–H and O–H groups in total. The lowest BCUT2D eigenvalue weighted by Gasteiger charge is -2.16. The van der Waals surface area contributed by atoms with Crippen LogP contribution < -0.4 is 14.4 Å². The minimum atomic E-state index is -3.49. The second-order valence-electron chi connectivity index (χ2n) is 5.84. The molecule has 0 aromatic heterocycles. The van der Waals surface area contributed by atoms with Gasteiger partial charge in [0, 0.05) is 12.7 Å². The number of sulfonamides is 1. The van der Waals surface area contributed by atoms with Crippen molar-refractivity contribution in [2.45, 2.75) is 19.1 Å². The maximum atomic E-state index is 12.7. The molecule has 2 aromatic rings. The van der Waals surface area contributed by atoms with Gasteiger partial charge in [0.1, 0.15) is 5.75 Å². The number of amides is 1. The Labute approximate surface area is 141 Å². The third-order valence-electron chi connectivity index (χ3n) is 3.84. The number of benzene rings is 2. The zero-order valence-electron chi connectivity index (χ0n) is 13.6. The van der Waals surface area contributed by atoms with Gasteiger partial charge in [-0.25, -0.2) is 8.42 Å². The largest absolute Gasteiger partial charge is 0.454 e. The highest BCUT2D eigenvalue weighted by Crippen LogP contribution is 2.38. The summed E-state index contributed by atoms with van der Waals surface area (Å²) in [7, 11) is -1.83. The molecule has 2 aromatic carbocycles. The summed E-state index contributed by atoms with van der Waals surface area (Å²) in [4.78, 5) is 14.2. The van der Waals surface area contributed by atoms with E-state index < -0.39 is 15.3 Å². The van der Waals surface area contributed by atoms with Crippen molar-refractivity contribution in [3.05, 3.63) is 48.0 Å². The number of carbonyl (C=O) groups excluding carboxylic acids is 1. The molecule has 3 rings (SSSR count). The molecule has 126 valence electrons. The van der Waals surface area contributed by atoms with Gasteiger partial charge in [-0.1, -0.05) is 12.1 Å². The Morgan fingerprint density at radius 2 is 1.79 bits per heavy atom.